The molecule has 0 saturated heterocycles. The number of carbonyl (C=O) groups is 2. The molecule has 20 heteroatoms. The molecule has 0 bridgehead atoms. The van der Waals surface area contributed by atoms with E-state index in [0.29, 0.717) is 39.5 Å². The van der Waals surface area contributed by atoms with Gasteiger partial charge in [-0.2, -0.15) is 10.2 Å². The predicted molar refractivity (Wildman–Crippen MR) is 314 cm³/mol. The molecule has 10 aromatic rings. The number of nitrogen functional groups attached to an aromatic ring is 1. The number of nitrogens with two attached hydrogens (primary N) is 1. The van der Waals surface area contributed by atoms with Crippen LogP contribution in [0.15, 0.2) is 197 Å². The fourth-order valence-corrected chi connectivity index (χ4v) is 8.52. The van der Waals surface area contributed by atoms with Crippen LogP contribution in [0.1, 0.15) is 83.0 Å². The predicted octanol–water partition coefficient (Wildman–Crippen LogP) is 13.3. The number of Topliss-reactive ketones (excluding diaryl/α,β-unsaturated/α-hetero) is 2. The molecule has 10 rings (SSSR count). The fourth-order valence-electron chi connectivity index (χ4n) is 8.18. The van der Waals surface area contributed by atoms with Crippen molar-refractivity contribution in [1.29, 1.82) is 0 Å². The van der Waals surface area contributed by atoms with E-state index in [2.05, 4.69) is 30.1 Å². The van der Waals surface area contributed by atoms with Gasteiger partial charge in [0, 0.05) is 109 Å². The van der Waals surface area contributed by atoms with E-state index in [1.807, 2.05) is 88.4 Å². The molecule has 0 aliphatic heterocycles. The lowest BCUT2D eigenvalue weighted by atomic mass is 10.0. The molecule has 0 spiro atoms. The molecule has 0 saturated carbocycles. The molecular weight excluding hydrogens is 1100 g/mol. The van der Waals surface area contributed by atoms with Gasteiger partial charge in [0.1, 0.15) is 27.5 Å². The zero-order valence-electron chi connectivity index (χ0n) is 45.0. The van der Waals surface area contributed by atoms with Crippen LogP contribution < -0.4 is 26.1 Å². The molecular formula is C63H50Cl2F2N10O6. The lowest BCUT2D eigenvalue weighted by Gasteiger charge is -2.13. The summed E-state index contributed by atoms with van der Waals surface area (Å²) in [5.74, 6) is -0.284. The monoisotopic (exact) mass is 1150 g/mol. The summed E-state index contributed by atoms with van der Waals surface area (Å²) < 4.78 is 41.6. The topological polar surface area (TPSA) is 212 Å². The molecule has 416 valence electrons. The van der Waals surface area contributed by atoms with Gasteiger partial charge in [-0.1, -0.05) is 120 Å². The number of rotatable bonds is 17. The van der Waals surface area contributed by atoms with E-state index >= 15 is 0 Å². The molecule has 0 radical (unpaired) electrons. The van der Waals surface area contributed by atoms with Crippen molar-refractivity contribution in [2.75, 3.05) is 5.73 Å². The normalized spacial score (nSPS) is 11.0. The zero-order valence-corrected chi connectivity index (χ0v) is 46.5. The average molecular weight is 1150 g/mol. The molecule has 0 amide bonds. The van der Waals surface area contributed by atoms with Gasteiger partial charge in [-0.05, 0) is 74.2 Å². The Morgan fingerprint density at radius 2 is 0.976 bits per heavy atom. The second-order valence-electron chi connectivity index (χ2n) is 19.2. The molecule has 6 aromatic heterocycles. The van der Waals surface area contributed by atoms with Gasteiger partial charge in [-0.3, -0.25) is 28.5 Å². The number of hydrogen-bond acceptors (Lipinski definition) is 14. The van der Waals surface area contributed by atoms with Crippen LogP contribution in [0.2, 0.25) is 10.0 Å². The Labute approximate surface area is 484 Å². The summed E-state index contributed by atoms with van der Waals surface area (Å²) in [6.45, 7) is 7.54. The summed E-state index contributed by atoms with van der Waals surface area (Å²) in [4.78, 5) is 74.6. The summed E-state index contributed by atoms with van der Waals surface area (Å²) in [6.07, 6.45) is 8.92. The number of nitrogens with zero attached hydrogens (tertiary/aromatic N) is 9. The van der Waals surface area contributed by atoms with Gasteiger partial charge in [0.15, 0.2) is 40.3 Å². The highest BCUT2D eigenvalue weighted by Crippen LogP contribution is 2.36. The third kappa shape index (κ3) is 14.2. The molecule has 2 N–H and O–H groups in total. The van der Waals surface area contributed by atoms with Crippen LogP contribution in [0, 0.1) is 11.6 Å². The van der Waals surface area contributed by atoms with Gasteiger partial charge in [0.05, 0.1) is 5.71 Å². The third-order valence-electron chi connectivity index (χ3n) is 12.6. The Morgan fingerprint density at radius 1 is 0.554 bits per heavy atom. The van der Waals surface area contributed by atoms with Crippen LogP contribution in [-0.4, -0.2) is 56.8 Å². The minimum Gasteiger partial charge on any atom is -0.437 e. The molecule has 0 aliphatic carbocycles. The molecule has 6 heterocycles. The lowest BCUT2D eigenvalue weighted by molar-refractivity contribution is 0.0976. The molecule has 0 atom stereocenters. The molecule has 16 nitrogen and oxygen atoms in total. The van der Waals surface area contributed by atoms with Crippen molar-refractivity contribution in [1.82, 2.24) is 39.5 Å². The zero-order chi connectivity index (χ0) is 58.7. The van der Waals surface area contributed by atoms with Crippen LogP contribution in [0.4, 0.5) is 20.4 Å². The van der Waals surface area contributed by atoms with Gasteiger partial charge in [0.2, 0.25) is 22.6 Å². The Bertz CT molecular complexity index is 4070. The van der Waals surface area contributed by atoms with E-state index < -0.39 is 34.1 Å². The van der Waals surface area contributed by atoms with Crippen LogP contribution in [-0.2, 0) is 12.8 Å². The number of anilines is 1. The summed E-state index contributed by atoms with van der Waals surface area (Å²) in [5.41, 5.74) is 9.39. The first-order valence-corrected chi connectivity index (χ1v) is 26.6. The van der Waals surface area contributed by atoms with Gasteiger partial charge >= 0.3 is 0 Å². The van der Waals surface area contributed by atoms with Gasteiger partial charge in [0.25, 0.3) is 0 Å². The smallest absolute Gasteiger partial charge is 0.219 e. The van der Waals surface area contributed by atoms with Crippen LogP contribution in [0.25, 0.3) is 22.3 Å². The molecule has 0 unspecified atom stereocenters. The third-order valence-corrected chi connectivity index (χ3v) is 13.3. The molecule has 0 fully saturated rings. The van der Waals surface area contributed by atoms with E-state index in [0.717, 1.165) is 11.1 Å². The number of carbonyl (C=O) groups excluding carboxylic acids is 2. The van der Waals surface area contributed by atoms with Crippen molar-refractivity contribution in [2.24, 2.45) is 4.99 Å². The van der Waals surface area contributed by atoms with E-state index in [1.165, 1.54) is 67.1 Å². The number of pyridine rings is 4. The second kappa shape index (κ2) is 26.1. The quantitative estimate of drug-likeness (QED) is 0.0665. The summed E-state index contributed by atoms with van der Waals surface area (Å²) in [5, 5.41) is 8.97. The number of benzene rings is 4. The van der Waals surface area contributed by atoms with Crippen LogP contribution in [0.3, 0.4) is 0 Å². The number of ketones is 2. The summed E-state index contributed by atoms with van der Waals surface area (Å²) in [7, 11) is 0. The van der Waals surface area contributed by atoms with Crippen molar-refractivity contribution in [3.63, 3.8) is 0 Å². The minimum absolute atomic E-state index is 0.0938. The average Bonchev–Trinajstić information content (AvgIpc) is 3.56. The Hall–Kier alpha value is -9.91. The number of ether oxygens (including phenoxy) is 2. The minimum atomic E-state index is -0.523. The highest BCUT2D eigenvalue weighted by molar-refractivity contribution is 6.34. The Kier molecular flexibility index (Phi) is 18.2. The molecule has 0 aliphatic rings. The second-order valence-corrected chi connectivity index (χ2v) is 19.9. The Morgan fingerprint density at radius 3 is 1.39 bits per heavy atom. The summed E-state index contributed by atoms with van der Waals surface area (Å²) >= 11 is 12.8. The van der Waals surface area contributed by atoms with Crippen molar-refractivity contribution < 1.29 is 27.8 Å². The maximum absolute atomic E-state index is 13.5. The van der Waals surface area contributed by atoms with Crippen molar-refractivity contribution in [3.8, 4) is 45.5 Å². The van der Waals surface area contributed by atoms with Crippen molar-refractivity contribution >= 4 is 52.1 Å². The molecule has 4 aromatic carbocycles. The van der Waals surface area contributed by atoms with Gasteiger partial charge in [-0.25, -0.2) is 33.7 Å². The fraction of sp³-hybridized carbons (Fsp3) is 0.127. The maximum atomic E-state index is 13.5. The standard InChI is InChI=1S/C38H29ClFN5O3.C25H21ClFN5O3/c1-24(2)45-23-30(26-14-16-29(40)17-15-26)37(47)36(44-45)31(46)21-25-13-18-33(42-22-25)48-32-19-20-41-38(34(32)39)43-35(27-9-5-3-6-10-27)28-11-7-4-8-12-28;1-14(2)32-13-18(16-4-6-17(27)7-5-16)24(34)23(31-32)19(33)11-15-3-8-21(30-12-15)35-20-9-10-29-25(28)22(20)26/h3-20,22-24H,21H2,1-2H3;3-10,12-14H,11H2,1-2H3,(H2,28,29). The number of aliphatic imine (C=N–C) groups is 1. The van der Waals surface area contributed by atoms with Gasteiger partial charge < -0.3 is 15.2 Å². The molecule has 83 heavy (non-hydrogen) atoms. The van der Waals surface area contributed by atoms with Crippen LogP contribution in [0.5, 0.6) is 23.3 Å². The van der Waals surface area contributed by atoms with Gasteiger partial charge in [-0.15, -0.1) is 0 Å². The number of hydrogen-bond donors (Lipinski definition) is 1. The van der Waals surface area contributed by atoms with Crippen LogP contribution >= 0.6 is 23.2 Å². The first-order valence-electron chi connectivity index (χ1n) is 25.8. The summed E-state index contributed by atoms with van der Waals surface area (Å²) in [6, 6.07) is 40.0. The Balaban J connectivity index is 0.000000210. The largest absolute Gasteiger partial charge is 0.437 e. The first kappa shape index (κ1) is 57.8. The first-order chi connectivity index (χ1) is 40.0. The van der Waals surface area contributed by atoms with E-state index in [4.69, 9.17) is 43.4 Å². The number of aromatic nitrogens is 8. The van der Waals surface area contributed by atoms with Crippen molar-refractivity contribution in [3.05, 3.63) is 259 Å². The lowest BCUT2D eigenvalue weighted by Crippen LogP contribution is -2.25. The highest BCUT2D eigenvalue weighted by atomic mass is 35.5. The van der Waals surface area contributed by atoms with E-state index in [1.54, 1.807) is 64.4 Å². The van der Waals surface area contributed by atoms with Crippen molar-refractivity contribution in [2.45, 2.75) is 52.6 Å². The highest BCUT2D eigenvalue weighted by Gasteiger charge is 2.22. The van der Waals surface area contributed by atoms with E-state index in [-0.39, 0.29) is 80.9 Å². The SMILES string of the molecule is CC(C)n1cc(-c2ccc(F)cc2)c(=O)c(C(=O)Cc2ccc(Oc3ccnc(N)c3Cl)nc2)n1.CC(C)n1cc(-c2ccc(F)cc2)c(=O)c(C(=O)Cc2ccc(Oc3ccnc(N=C(c4ccccc4)c4ccccc4)c3Cl)nc2)n1. The van der Waals surface area contributed by atoms with E-state index in [9.17, 15) is 28.0 Å². The number of halogens is 4. The maximum Gasteiger partial charge on any atom is 0.219 e.